The Morgan fingerprint density at radius 3 is 2.40 bits per heavy atom. The third-order valence-electron chi connectivity index (χ3n) is 5.99. The predicted octanol–water partition coefficient (Wildman–Crippen LogP) is 6.21. The van der Waals surface area contributed by atoms with Crippen LogP contribution in [-0.2, 0) is 22.9 Å². The summed E-state index contributed by atoms with van der Waals surface area (Å²) in [4.78, 5) is 12.2. The van der Waals surface area contributed by atoms with Crippen LogP contribution in [0.25, 0.3) is 0 Å². The molecular formula is C22H19Cl2F7N2O2. The van der Waals surface area contributed by atoms with Gasteiger partial charge >= 0.3 is 12.4 Å². The number of hydrogen-bond acceptors (Lipinski definition) is 3. The number of benzene rings is 2. The number of carbonyl (C=O) groups excluding carboxylic acids is 1. The number of carbonyl (C=O) groups is 1. The normalized spacial score (nSPS) is 20.9. The largest absolute Gasteiger partial charge is 0.416 e. The number of nitrogens with zero attached hydrogens (tertiary/aromatic N) is 1. The molecular weight excluding hydrogens is 528 g/mol. The van der Waals surface area contributed by atoms with Gasteiger partial charge in [-0.3, -0.25) is 4.79 Å². The van der Waals surface area contributed by atoms with Gasteiger partial charge in [0.15, 0.2) is 0 Å². The van der Waals surface area contributed by atoms with Crippen LogP contribution in [0.15, 0.2) is 30.3 Å². The Labute approximate surface area is 205 Å². The molecule has 1 aliphatic heterocycles. The number of nitrogens with one attached hydrogen (secondary N) is 1. The van der Waals surface area contributed by atoms with Gasteiger partial charge in [-0.05, 0) is 36.2 Å². The summed E-state index contributed by atoms with van der Waals surface area (Å²) in [7, 11) is 0. The Hall–Kier alpha value is -2.24. The fourth-order valence-corrected chi connectivity index (χ4v) is 4.65. The third-order valence-corrected chi connectivity index (χ3v) is 6.48. The van der Waals surface area contributed by atoms with Crippen LogP contribution in [-0.4, -0.2) is 30.0 Å². The minimum absolute atomic E-state index is 0.0447. The second-order valence-corrected chi connectivity index (χ2v) is 8.85. The molecule has 2 atom stereocenters. The highest BCUT2D eigenvalue weighted by Crippen LogP contribution is 2.53. The minimum Gasteiger partial charge on any atom is -0.372 e. The number of rotatable bonds is 5. The molecule has 2 unspecified atom stereocenters. The van der Waals surface area contributed by atoms with Crippen molar-refractivity contribution in [2.45, 2.75) is 50.3 Å². The smallest absolute Gasteiger partial charge is 0.372 e. The summed E-state index contributed by atoms with van der Waals surface area (Å²) < 4.78 is 99.0. The van der Waals surface area contributed by atoms with Gasteiger partial charge in [0.1, 0.15) is 17.5 Å². The van der Waals surface area contributed by atoms with Gasteiger partial charge in [-0.2, -0.15) is 26.3 Å². The first kappa shape index (κ1) is 27.3. The molecule has 1 saturated heterocycles. The quantitative estimate of drug-likeness (QED) is 0.346. The molecule has 0 radical (unpaired) electrons. The molecule has 1 amide bonds. The lowest BCUT2D eigenvalue weighted by atomic mass is 9.77. The van der Waals surface area contributed by atoms with Crippen LogP contribution in [0.4, 0.5) is 36.4 Å². The van der Waals surface area contributed by atoms with Crippen LogP contribution in [0.3, 0.4) is 0 Å². The third kappa shape index (κ3) is 5.03. The summed E-state index contributed by atoms with van der Waals surface area (Å²) >= 11 is 11.5. The van der Waals surface area contributed by atoms with Crippen LogP contribution in [0.5, 0.6) is 0 Å². The van der Waals surface area contributed by atoms with E-state index >= 15 is 0 Å². The van der Waals surface area contributed by atoms with Crippen molar-refractivity contribution >= 4 is 34.8 Å². The second kappa shape index (κ2) is 9.67. The SMILES string of the molecule is CCC(=O)NCc1ccc(N2CCC(c3cc(Cl)cc(Cl)c3F)(C(F)(F)F)C2O)cc1C(F)(F)F. The van der Waals surface area contributed by atoms with Gasteiger partial charge in [-0.15, -0.1) is 0 Å². The molecule has 2 N–H and O–H groups in total. The summed E-state index contributed by atoms with van der Waals surface area (Å²) in [5.74, 6) is -1.93. The maximum atomic E-state index is 14.8. The van der Waals surface area contributed by atoms with E-state index in [0.29, 0.717) is 17.0 Å². The molecule has 1 aliphatic rings. The number of anilines is 1. The van der Waals surface area contributed by atoms with Crippen molar-refractivity contribution in [3.8, 4) is 0 Å². The van der Waals surface area contributed by atoms with Gasteiger partial charge in [0.2, 0.25) is 5.91 Å². The molecule has 0 saturated carbocycles. The molecule has 2 aromatic carbocycles. The van der Waals surface area contributed by atoms with Gasteiger partial charge in [-0.1, -0.05) is 36.2 Å². The molecule has 2 aromatic rings. The van der Waals surface area contributed by atoms with Crippen molar-refractivity contribution in [2.24, 2.45) is 0 Å². The van der Waals surface area contributed by atoms with E-state index in [0.717, 1.165) is 18.2 Å². The Kier molecular flexibility index (Phi) is 7.55. The van der Waals surface area contributed by atoms with E-state index in [1.54, 1.807) is 0 Å². The van der Waals surface area contributed by atoms with Crippen molar-refractivity contribution in [1.29, 1.82) is 0 Å². The lowest BCUT2D eigenvalue weighted by Gasteiger charge is -2.37. The molecule has 13 heteroatoms. The first-order valence-corrected chi connectivity index (χ1v) is 11.0. The molecule has 0 spiro atoms. The highest BCUT2D eigenvalue weighted by Gasteiger charge is 2.66. The Balaban J connectivity index is 2.09. The van der Waals surface area contributed by atoms with Crippen molar-refractivity contribution in [3.63, 3.8) is 0 Å². The van der Waals surface area contributed by atoms with Crippen molar-refractivity contribution in [1.82, 2.24) is 5.32 Å². The zero-order valence-corrected chi connectivity index (χ0v) is 19.5. The first-order valence-electron chi connectivity index (χ1n) is 10.3. The van der Waals surface area contributed by atoms with Crippen LogP contribution < -0.4 is 10.2 Å². The fraction of sp³-hybridized carbons (Fsp3) is 0.409. The molecule has 35 heavy (non-hydrogen) atoms. The Morgan fingerprint density at radius 1 is 1.17 bits per heavy atom. The molecule has 0 aliphatic carbocycles. The fourth-order valence-electron chi connectivity index (χ4n) is 4.16. The summed E-state index contributed by atoms with van der Waals surface area (Å²) in [6.07, 6.45) is -13.4. The molecule has 3 rings (SSSR count). The average molecular weight is 547 g/mol. The molecule has 0 bridgehead atoms. The van der Waals surface area contributed by atoms with E-state index in [1.807, 2.05) is 0 Å². The standard InChI is InChI=1S/C22H19Cl2F7N2O2/c1-2-17(34)32-10-11-3-4-13(9-14(11)21(26,27)28)33-6-5-20(19(33)35,22(29,30)31)15-7-12(23)8-16(24)18(15)25/h3-4,7-9,19,35H,2,5-6,10H2,1H3,(H,32,34). The van der Waals surface area contributed by atoms with E-state index in [4.69, 9.17) is 23.2 Å². The summed E-state index contributed by atoms with van der Waals surface area (Å²) in [5.41, 5.74) is -6.09. The van der Waals surface area contributed by atoms with Gasteiger partial charge < -0.3 is 15.3 Å². The van der Waals surface area contributed by atoms with E-state index in [9.17, 15) is 40.6 Å². The maximum absolute atomic E-state index is 14.8. The topological polar surface area (TPSA) is 52.6 Å². The Bertz CT molecular complexity index is 1120. The van der Waals surface area contributed by atoms with Gasteiger partial charge in [0.25, 0.3) is 0 Å². The molecule has 4 nitrogen and oxygen atoms in total. The highest BCUT2D eigenvalue weighted by atomic mass is 35.5. The molecule has 0 aromatic heterocycles. The Morgan fingerprint density at radius 2 is 1.83 bits per heavy atom. The van der Waals surface area contributed by atoms with Crippen LogP contribution in [0.1, 0.15) is 36.5 Å². The van der Waals surface area contributed by atoms with Gasteiger partial charge in [0, 0.05) is 35.8 Å². The molecule has 192 valence electrons. The van der Waals surface area contributed by atoms with Gasteiger partial charge in [-0.25, -0.2) is 4.39 Å². The van der Waals surface area contributed by atoms with Crippen LogP contribution in [0, 0.1) is 5.82 Å². The van der Waals surface area contributed by atoms with Gasteiger partial charge in [0.05, 0.1) is 10.6 Å². The summed E-state index contributed by atoms with van der Waals surface area (Å²) in [5, 5.41) is 12.1. The van der Waals surface area contributed by atoms with E-state index in [2.05, 4.69) is 5.32 Å². The van der Waals surface area contributed by atoms with Crippen LogP contribution >= 0.6 is 23.2 Å². The van der Waals surface area contributed by atoms with Crippen molar-refractivity contribution in [3.05, 3.63) is 62.9 Å². The van der Waals surface area contributed by atoms with Crippen LogP contribution in [0.2, 0.25) is 10.0 Å². The van der Waals surface area contributed by atoms with E-state index in [-0.39, 0.29) is 22.7 Å². The molecule has 1 heterocycles. The number of hydrogen-bond donors (Lipinski definition) is 2. The zero-order chi connectivity index (χ0) is 26.3. The zero-order valence-electron chi connectivity index (χ0n) is 18.0. The average Bonchev–Trinajstić information content (AvgIpc) is 3.11. The first-order chi connectivity index (χ1) is 16.1. The monoisotopic (exact) mass is 546 g/mol. The summed E-state index contributed by atoms with van der Waals surface area (Å²) in [6, 6.07) is 4.29. The van der Waals surface area contributed by atoms with E-state index < -0.39 is 71.4 Å². The number of aliphatic hydroxyl groups excluding tert-OH is 1. The summed E-state index contributed by atoms with van der Waals surface area (Å²) in [6.45, 7) is 0.511. The predicted molar refractivity (Wildman–Crippen MR) is 116 cm³/mol. The second-order valence-electron chi connectivity index (χ2n) is 8.00. The highest BCUT2D eigenvalue weighted by molar-refractivity contribution is 6.34. The van der Waals surface area contributed by atoms with Crippen molar-refractivity contribution < 1.29 is 40.6 Å². The lowest BCUT2D eigenvalue weighted by Crippen LogP contribution is -2.53. The minimum atomic E-state index is -5.22. The number of aliphatic hydroxyl groups is 1. The number of alkyl halides is 6. The maximum Gasteiger partial charge on any atom is 0.416 e. The van der Waals surface area contributed by atoms with Crippen molar-refractivity contribution in [2.75, 3.05) is 11.4 Å². The number of amides is 1. The van der Waals surface area contributed by atoms with E-state index in [1.165, 1.54) is 6.92 Å². The number of halogens is 9. The lowest BCUT2D eigenvalue weighted by molar-refractivity contribution is -0.211. The molecule has 1 fully saturated rings.